The van der Waals surface area contributed by atoms with Crippen molar-refractivity contribution in [3.05, 3.63) is 35.4 Å². The quantitative estimate of drug-likeness (QED) is 0.802. The fraction of sp³-hybridized carbons (Fsp3) is 0.286. The van der Waals surface area contributed by atoms with E-state index in [2.05, 4.69) is 5.32 Å². The molecule has 5 heteroatoms. The van der Waals surface area contributed by atoms with Crippen LogP contribution in [-0.2, 0) is 15.1 Å². The SMILES string of the molecule is C/C(=C/C(=O)O)c1ccc2c(c1)C(C)(C)OC(=O)N2. The third-order valence-corrected chi connectivity index (χ3v) is 3.05. The Morgan fingerprint density at radius 3 is 2.74 bits per heavy atom. The van der Waals surface area contributed by atoms with Crippen LogP contribution in [0.25, 0.3) is 5.57 Å². The van der Waals surface area contributed by atoms with E-state index in [-0.39, 0.29) is 0 Å². The Morgan fingerprint density at radius 2 is 2.11 bits per heavy atom. The molecule has 1 aliphatic rings. The molecule has 100 valence electrons. The first kappa shape index (κ1) is 13.1. The lowest BCUT2D eigenvalue weighted by Crippen LogP contribution is -2.34. The number of ether oxygens (including phenoxy) is 1. The largest absolute Gasteiger partial charge is 0.478 e. The first-order chi connectivity index (χ1) is 8.79. The van der Waals surface area contributed by atoms with Crippen LogP contribution in [0.2, 0.25) is 0 Å². The number of aliphatic carboxylic acids is 1. The average molecular weight is 261 g/mol. The smallest absolute Gasteiger partial charge is 0.412 e. The second kappa shape index (κ2) is 4.42. The molecule has 1 heterocycles. The third kappa shape index (κ3) is 2.59. The third-order valence-electron chi connectivity index (χ3n) is 3.05. The number of cyclic esters (lactones) is 1. The minimum atomic E-state index is -0.987. The molecular weight excluding hydrogens is 246 g/mol. The van der Waals surface area contributed by atoms with Crippen LogP contribution in [0.1, 0.15) is 31.9 Å². The first-order valence-electron chi connectivity index (χ1n) is 5.86. The summed E-state index contributed by atoms with van der Waals surface area (Å²) in [5.74, 6) is -0.987. The van der Waals surface area contributed by atoms with Crippen molar-refractivity contribution in [2.75, 3.05) is 5.32 Å². The lowest BCUT2D eigenvalue weighted by molar-refractivity contribution is -0.131. The number of hydrogen-bond donors (Lipinski definition) is 2. The van der Waals surface area contributed by atoms with Gasteiger partial charge in [0.2, 0.25) is 0 Å². The summed E-state index contributed by atoms with van der Waals surface area (Å²) in [5.41, 5.74) is 2.20. The van der Waals surface area contributed by atoms with E-state index in [1.54, 1.807) is 32.9 Å². The summed E-state index contributed by atoms with van der Waals surface area (Å²) in [7, 11) is 0. The van der Waals surface area contributed by atoms with Crippen molar-refractivity contribution in [3.63, 3.8) is 0 Å². The Balaban J connectivity index is 2.49. The zero-order valence-corrected chi connectivity index (χ0v) is 11.0. The number of allylic oxidation sites excluding steroid dienone is 1. The zero-order valence-electron chi connectivity index (χ0n) is 11.0. The highest BCUT2D eigenvalue weighted by molar-refractivity contribution is 5.91. The Labute approximate surface area is 110 Å². The van der Waals surface area contributed by atoms with E-state index in [0.29, 0.717) is 11.3 Å². The molecule has 1 aromatic carbocycles. The lowest BCUT2D eigenvalue weighted by Gasteiger charge is -2.32. The van der Waals surface area contributed by atoms with Gasteiger partial charge in [0.1, 0.15) is 5.60 Å². The highest BCUT2D eigenvalue weighted by Gasteiger charge is 2.33. The summed E-state index contributed by atoms with van der Waals surface area (Å²) in [5, 5.41) is 11.4. The maximum atomic E-state index is 11.4. The van der Waals surface area contributed by atoms with E-state index in [0.717, 1.165) is 17.2 Å². The summed E-state index contributed by atoms with van der Waals surface area (Å²) >= 11 is 0. The number of carbonyl (C=O) groups is 2. The number of carbonyl (C=O) groups excluding carboxylic acids is 1. The van der Waals surface area contributed by atoms with Gasteiger partial charge in [-0.15, -0.1) is 0 Å². The monoisotopic (exact) mass is 261 g/mol. The number of anilines is 1. The number of amides is 1. The number of nitrogens with one attached hydrogen (secondary N) is 1. The van der Waals surface area contributed by atoms with Crippen LogP contribution in [0.5, 0.6) is 0 Å². The van der Waals surface area contributed by atoms with Gasteiger partial charge in [0.25, 0.3) is 0 Å². The molecule has 2 N–H and O–H groups in total. The second-order valence-corrected chi connectivity index (χ2v) is 4.95. The van der Waals surface area contributed by atoms with E-state index in [4.69, 9.17) is 9.84 Å². The normalized spacial score (nSPS) is 17.2. The van der Waals surface area contributed by atoms with Gasteiger partial charge >= 0.3 is 12.1 Å². The fourth-order valence-electron chi connectivity index (χ4n) is 2.09. The van der Waals surface area contributed by atoms with E-state index < -0.39 is 17.7 Å². The molecular formula is C14H15NO4. The first-order valence-corrected chi connectivity index (χ1v) is 5.86. The minimum absolute atomic E-state index is 0.483. The molecule has 0 spiro atoms. The molecule has 1 aromatic rings. The Morgan fingerprint density at radius 1 is 1.42 bits per heavy atom. The summed E-state index contributed by atoms with van der Waals surface area (Å²) in [6.45, 7) is 5.32. The molecule has 1 amide bonds. The minimum Gasteiger partial charge on any atom is -0.478 e. The summed E-state index contributed by atoms with van der Waals surface area (Å²) < 4.78 is 5.23. The molecule has 0 aromatic heterocycles. The molecule has 0 aliphatic carbocycles. The predicted octanol–water partition coefficient (Wildman–Crippen LogP) is 2.97. The van der Waals surface area contributed by atoms with Crippen molar-refractivity contribution in [3.8, 4) is 0 Å². The fourth-order valence-corrected chi connectivity index (χ4v) is 2.09. The number of fused-ring (bicyclic) bond motifs is 1. The lowest BCUT2D eigenvalue weighted by atomic mass is 9.91. The topological polar surface area (TPSA) is 75.6 Å². The molecule has 0 radical (unpaired) electrons. The molecule has 0 atom stereocenters. The van der Waals surface area contributed by atoms with Crippen molar-refractivity contribution < 1.29 is 19.4 Å². The number of rotatable bonds is 2. The maximum absolute atomic E-state index is 11.4. The Kier molecular flexibility index (Phi) is 3.06. The van der Waals surface area contributed by atoms with Crippen molar-refractivity contribution in [2.24, 2.45) is 0 Å². The van der Waals surface area contributed by atoms with Crippen LogP contribution in [0.3, 0.4) is 0 Å². The van der Waals surface area contributed by atoms with Crippen molar-refractivity contribution in [2.45, 2.75) is 26.4 Å². The highest BCUT2D eigenvalue weighted by Crippen LogP contribution is 2.36. The van der Waals surface area contributed by atoms with Gasteiger partial charge in [-0.3, -0.25) is 5.32 Å². The number of hydrogen-bond acceptors (Lipinski definition) is 3. The van der Waals surface area contributed by atoms with Crippen LogP contribution in [-0.4, -0.2) is 17.2 Å². The Bertz CT molecular complexity index is 587. The van der Waals surface area contributed by atoms with Crippen LogP contribution in [0.4, 0.5) is 10.5 Å². The summed E-state index contributed by atoms with van der Waals surface area (Å²) in [6.07, 6.45) is 0.667. The molecule has 2 rings (SSSR count). The van der Waals surface area contributed by atoms with Gasteiger partial charge in [-0.05, 0) is 44.0 Å². The molecule has 0 saturated heterocycles. The molecule has 5 nitrogen and oxygen atoms in total. The van der Waals surface area contributed by atoms with Gasteiger partial charge in [-0.1, -0.05) is 6.07 Å². The standard InChI is InChI=1S/C14H15NO4/c1-8(6-12(16)17)9-4-5-11-10(7-9)14(2,3)19-13(18)15-11/h4-7H,1-3H3,(H,15,18)(H,16,17)/b8-6-. The summed E-state index contributed by atoms with van der Waals surface area (Å²) in [4.78, 5) is 22.1. The van der Waals surface area contributed by atoms with E-state index in [9.17, 15) is 9.59 Å². The van der Waals surface area contributed by atoms with Crippen molar-refractivity contribution in [1.82, 2.24) is 0 Å². The zero-order chi connectivity index (χ0) is 14.2. The highest BCUT2D eigenvalue weighted by atomic mass is 16.6. The van der Waals surface area contributed by atoms with Crippen molar-refractivity contribution in [1.29, 1.82) is 0 Å². The summed E-state index contributed by atoms with van der Waals surface area (Å²) in [6, 6.07) is 5.37. The Hall–Kier alpha value is -2.30. The van der Waals surface area contributed by atoms with E-state index >= 15 is 0 Å². The molecule has 0 bridgehead atoms. The molecule has 1 aliphatic heterocycles. The van der Waals surface area contributed by atoms with Gasteiger partial charge in [-0.2, -0.15) is 0 Å². The van der Waals surface area contributed by atoms with Crippen LogP contribution in [0.15, 0.2) is 24.3 Å². The van der Waals surface area contributed by atoms with Crippen LogP contribution in [0, 0.1) is 0 Å². The predicted molar refractivity (Wildman–Crippen MR) is 70.9 cm³/mol. The molecule has 0 unspecified atom stereocenters. The second-order valence-electron chi connectivity index (χ2n) is 4.95. The maximum Gasteiger partial charge on any atom is 0.412 e. The number of benzene rings is 1. The molecule has 19 heavy (non-hydrogen) atoms. The number of carboxylic acids is 1. The number of carboxylic acid groups (broad SMARTS) is 1. The van der Waals surface area contributed by atoms with E-state index in [1.165, 1.54) is 0 Å². The van der Waals surface area contributed by atoms with Crippen LogP contribution < -0.4 is 5.32 Å². The van der Waals surface area contributed by atoms with Gasteiger partial charge in [0.15, 0.2) is 0 Å². The molecule has 0 saturated carbocycles. The van der Waals surface area contributed by atoms with Crippen molar-refractivity contribution >= 4 is 23.3 Å². The van der Waals surface area contributed by atoms with Gasteiger partial charge < -0.3 is 9.84 Å². The van der Waals surface area contributed by atoms with Gasteiger partial charge in [0.05, 0.1) is 5.69 Å². The van der Waals surface area contributed by atoms with Gasteiger partial charge in [-0.25, -0.2) is 9.59 Å². The van der Waals surface area contributed by atoms with E-state index in [1.807, 2.05) is 6.07 Å². The van der Waals surface area contributed by atoms with Gasteiger partial charge in [0, 0.05) is 11.6 Å². The van der Waals surface area contributed by atoms with Crippen LogP contribution >= 0.6 is 0 Å². The average Bonchev–Trinajstić information content (AvgIpc) is 2.26. The molecule has 0 fully saturated rings.